The Labute approximate surface area is 118 Å². The van der Waals surface area contributed by atoms with Gasteiger partial charge in [0.1, 0.15) is 4.99 Å². The monoisotopic (exact) mass is 266 g/mol. The second-order valence-electron chi connectivity index (χ2n) is 4.68. The highest BCUT2D eigenvalue weighted by atomic mass is 32.1. The number of aryl methyl sites for hydroxylation is 1. The third-order valence-corrected chi connectivity index (χ3v) is 3.63. The summed E-state index contributed by atoms with van der Waals surface area (Å²) in [6.45, 7) is 2.08. The lowest BCUT2D eigenvalue weighted by atomic mass is 9.90. The van der Waals surface area contributed by atoms with Crippen LogP contribution in [0.25, 0.3) is 0 Å². The first-order valence-electron chi connectivity index (χ1n) is 6.25. The van der Waals surface area contributed by atoms with Crippen molar-refractivity contribution < 1.29 is 0 Å². The van der Waals surface area contributed by atoms with Crippen molar-refractivity contribution >= 4 is 22.9 Å². The zero-order valence-electron chi connectivity index (χ0n) is 10.6. The number of hydrogen-bond donors (Lipinski definition) is 1. The van der Waals surface area contributed by atoms with E-state index >= 15 is 0 Å². The molecule has 0 saturated carbocycles. The van der Waals surface area contributed by atoms with E-state index in [2.05, 4.69) is 53.8 Å². The van der Waals surface area contributed by atoms with Gasteiger partial charge in [0.15, 0.2) is 0 Å². The van der Waals surface area contributed by atoms with E-state index in [1.54, 1.807) is 0 Å². The van der Waals surface area contributed by atoms with Gasteiger partial charge in [-0.25, -0.2) is 0 Å². The molecular weight excluding hydrogens is 252 g/mol. The van der Waals surface area contributed by atoms with E-state index in [1.807, 2.05) is 18.2 Å². The van der Waals surface area contributed by atoms with Crippen LogP contribution in [0.15, 0.2) is 59.7 Å². The molecule has 2 nitrogen and oxygen atoms in total. The van der Waals surface area contributed by atoms with Gasteiger partial charge in [0.2, 0.25) is 0 Å². The number of hydrazone groups is 1. The molecule has 0 amide bonds. The topological polar surface area (TPSA) is 24.4 Å². The Balaban J connectivity index is 2.01. The predicted molar refractivity (Wildman–Crippen MR) is 82.6 cm³/mol. The zero-order valence-corrected chi connectivity index (χ0v) is 11.4. The van der Waals surface area contributed by atoms with Gasteiger partial charge in [0.25, 0.3) is 0 Å². The van der Waals surface area contributed by atoms with Crippen LogP contribution in [-0.4, -0.2) is 10.7 Å². The van der Waals surface area contributed by atoms with E-state index in [4.69, 9.17) is 12.2 Å². The van der Waals surface area contributed by atoms with Crippen molar-refractivity contribution in [1.82, 2.24) is 5.43 Å². The fourth-order valence-corrected chi connectivity index (χ4v) is 2.57. The van der Waals surface area contributed by atoms with Gasteiger partial charge in [-0.05, 0) is 18.1 Å². The molecule has 0 fully saturated rings. The van der Waals surface area contributed by atoms with Crippen LogP contribution < -0.4 is 5.43 Å². The smallest absolute Gasteiger partial charge is 0.110 e. The maximum atomic E-state index is 5.40. The van der Waals surface area contributed by atoms with Crippen molar-refractivity contribution in [3.63, 3.8) is 0 Å². The Morgan fingerprint density at radius 1 is 1.00 bits per heavy atom. The van der Waals surface area contributed by atoms with Crippen LogP contribution in [0.1, 0.15) is 22.6 Å². The third-order valence-electron chi connectivity index (χ3n) is 3.30. The van der Waals surface area contributed by atoms with Gasteiger partial charge in [-0.2, -0.15) is 5.10 Å². The Hall–Kier alpha value is -2.00. The molecule has 1 aliphatic rings. The second kappa shape index (κ2) is 4.94. The summed E-state index contributed by atoms with van der Waals surface area (Å²) in [5, 5.41) is 4.40. The largest absolute Gasteiger partial charge is 0.270 e. The van der Waals surface area contributed by atoms with Gasteiger partial charge in [-0.15, -0.1) is 0 Å². The molecule has 0 radical (unpaired) electrons. The molecule has 0 aromatic heterocycles. The quantitative estimate of drug-likeness (QED) is 0.842. The number of rotatable bonds is 2. The van der Waals surface area contributed by atoms with Gasteiger partial charge < -0.3 is 0 Å². The SMILES string of the molecule is Cc1ccc(C2=NNC(=S)C2c2ccccc2)cc1. The molecule has 1 atom stereocenters. The van der Waals surface area contributed by atoms with Gasteiger partial charge in [-0.1, -0.05) is 72.4 Å². The first-order chi connectivity index (χ1) is 9.25. The highest BCUT2D eigenvalue weighted by molar-refractivity contribution is 7.80. The van der Waals surface area contributed by atoms with Crippen LogP contribution in [0.3, 0.4) is 0 Å². The van der Waals surface area contributed by atoms with E-state index in [9.17, 15) is 0 Å². The summed E-state index contributed by atoms with van der Waals surface area (Å²) in [5.41, 5.74) is 7.49. The molecule has 0 aliphatic carbocycles. The summed E-state index contributed by atoms with van der Waals surface area (Å²) in [7, 11) is 0. The van der Waals surface area contributed by atoms with Gasteiger partial charge in [-0.3, -0.25) is 5.43 Å². The van der Waals surface area contributed by atoms with Crippen molar-refractivity contribution in [3.8, 4) is 0 Å². The first kappa shape index (κ1) is 12.1. The predicted octanol–water partition coefficient (Wildman–Crippen LogP) is 3.41. The summed E-state index contributed by atoms with van der Waals surface area (Å²) in [6.07, 6.45) is 0. The highest BCUT2D eigenvalue weighted by Gasteiger charge is 2.28. The van der Waals surface area contributed by atoms with Crippen LogP contribution >= 0.6 is 12.2 Å². The van der Waals surface area contributed by atoms with Crippen LogP contribution in [0.5, 0.6) is 0 Å². The lowest BCUT2D eigenvalue weighted by molar-refractivity contribution is 1.07. The zero-order chi connectivity index (χ0) is 13.2. The van der Waals surface area contributed by atoms with Crippen molar-refractivity contribution in [3.05, 3.63) is 71.3 Å². The molecular formula is C16H14N2S. The number of thiocarbonyl (C=S) groups is 1. The molecule has 2 aromatic rings. The molecule has 0 bridgehead atoms. The number of nitrogens with zero attached hydrogens (tertiary/aromatic N) is 1. The Bertz CT molecular complexity index is 630. The van der Waals surface area contributed by atoms with Crippen molar-refractivity contribution in [1.29, 1.82) is 0 Å². The maximum Gasteiger partial charge on any atom is 0.110 e. The van der Waals surface area contributed by atoms with Crippen molar-refractivity contribution in [2.45, 2.75) is 12.8 Å². The van der Waals surface area contributed by atoms with E-state index < -0.39 is 0 Å². The average Bonchev–Trinajstić information content (AvgIpc) is 2.82. The number of hydrogen-bond acceptors (Lipinski definition) is 2. The fourth-order valence-electron chi connectivity index (χ4n) is 2.28. The molecule has 1 heterocycles. The van der Waals surface area contributed by atoms with Crippen LogP contribution in [-0.2, 0) is 0 Å². The van der Waals surface area contributed by atoms with Gasteiger partial charge >= 0.3 is 0 Å². The Morgan fingerprint density at radius 2 is 1.68 bits per heavy atom. The summed E-state index contributed by atoms with van der Waals surface area (Å²) < 4.78 is 0. The lowest BCUT2D eigenvalue weighted by Crippen LogP contribution is -2.19. The molecule has 2 aromatic carbocycles. The number of benzene rings is 2. The summed E-state index contributed by atoms with van der Waals surface area (Å²) in [5.74, 6) is 0.0545. The van der Waals surface area contributed by atoms with E-state index in [-0.39, 0.29) is 5.92 Å². The third kappa shape index (κ3) is 2.29. The second-order valence-corrected chi connectivity index (χ2v) is 5.12. The van der Waals surface area contributed by atoms with Gasteiger partial charge in [0.05, 0.1) is 11.6 Å². The fraction of sp³-hybridized carbons (Fsp3) is 0.125. The molecule has 1 unspecified atom stereocenters. The minimum absolute atomic E-state index is 0.0545. The summed E-state index contributed by atoms with van der Waals surface area (Å²) in [6, 6.07) is 18.6. The highest BCUT2D eigenvalue weighted by Crippen LogP contribution is 2.26. The van der Waals surface area contributed by atoms with Crippen LogP contribution in [0.4, 0.5) is 0 Å². The summed E-state index contributed by atoms with van der Waals surface area (Å²) >= 11 is 5.40. The molecule has 0 spiro atoms. The molecule has 1 aliphatic heterocycles. The van der Waals surface area contributed by atoms with Crippen LogP contribution in [0, 0.1) is 6.92 Å². The average molecular weight is 266 g/mol. The van der Waals surface area contributed by atoms with E-state index in [0.717, 1.165) is 16.3 Å². The molecule has 19 heavy (non-hydrogen) atoms. The molecule has 3 rings (SSSR count). The minimum Gasteiger partial charge on any atom is -0.270 e. The van der Waals surface area contributed by atoms with Crippen LogP contribution in [0.2, 0.25) is 0 Å². The Kier molecular flexibility index (Phi) is 3.13. The standard InChI is InChI=1S/C16H14N2S/c1-11-7-9-13(10-8-11)15-14(16(19)18-17-15)12-5-3-2-4-6-12/h2-10,14H,1H3,(H,18,19). The Morgan fingerprint density at radius 3 is 2.37 bits per heavy atom. The molecule has 0 saturated heterocycles. The molecule has 1 N–H and O–H groups in total. The van der Waals surface area contributed by atoms with E-state index in [1.165, 1.54) is 11.1 Å². The minimum atomic E-state index is 0.0545. The van der Waals surface area contributed by atoms with Gasteiger partial charge in [0, 0.05) is 0 Å². The maximum absolute atomic E-state index is 5.40. The van der Waals surface area contributed by atoms with Crippen molar-refractivity contribution in [2.75, 3.05) is 0 Å². The lowest BCUT2D eigenvalue weighted by Gasteiger charge is -2.13. The number of nitrogens with one attached hydrogen (secondary N) is 1. The van der Waals surface area contributed by atoms with Crippen molar-refractivity contribution in [2.24, 2.45) is 5.10 Å². The normalized spacial score (nSPS) is 18.1. The summed E-state index contributed by atoms with van der Waals surface area (Å²) in [4.78, 5) is 0.766. The molecule has 3 heteroatoms. The molecule has 94 valence electrons. The first-order valence-corrected chi connectivity index (χ1v) is 6.66. The van der Waals surface area contributed by atoms with E-state index in [0.29, 0.717) is 0 Å².